The number of phenolic OH excluding ortho intramolecular Hbond substituents is 1. The maximum atomic E-state index is 11.5. The lowest BCUT2D eigenvalue weighted by molar-refractivity contribution is 0.276. The van der Waals surface area contributed by atoms with Crippen LogP contribution in [-0.4, -0.2) is 5.11 Å². The van der Waals surface area contributed by atoms with Crippen LogP contribution in [0.5, 0.6) is 11.5 Å². The summed E-state index contributed by atoms with van der Waals surface area (Å²) in [6.45, 7) is 0.169. The predicted octanol–water partition coefficient (Wildman–Crippen LogP) is 3.65. The molecule has 2 aromatic rings. The van der Waals surface area contributed by atoms with Crippen LogP contribution in [-0.2, 0) is 15.7 Å². The van der Waals surface area contributed by atoms with E-state index in [9.17, 15) is 4.57 Å². The molecule has 1 N–H and O–H groups in total. The fourth-order valence-corrected chi connectivity index (χ4v) is 1.91. The van der Waals surface area contributed by atoms with Crippen molar-refractivity contribution in [1.29, 1.82) is 0 Å². The molecule has 18 heavy (non-hydrogen) atoms. The van der Waals surface area contributed by atoms with Crippen LogP contribution < -0.4 is 4.52 Å². The first-order valence-electron chi connectivity index (χ1n) is 5.35. The van der Waals surface area contributed by atoms with E-state index in [1.165, 1.54) is 0 Å². The molecule has 0 heterocycles. The molecule has 0 aliphatic heterocycles. The molecule has 1 atom stereocenters. The molecular formula is C13H12O4P+. The fraction of sp³-hybridized carbons (Fsp3) is 0.0769. The van der Waals surface area contributed by atoms with Crippen LogP contribution in [0.25, 0.3) is 0 Å². The van der Waals surface area contributed by atoms with E-state index in [2.05, 4.69) is 0 Å². The summed E-state index contributed by atoms with van der Waals surface area (Å²) >= 11 is 0. The lowest BCUT2D eigenvalue weighted by atomic mass is 10.2. The van der Waals surface area contributed by atoms with Gasteiger partial charge in [-0.2, -0.15) is 0 Å². The molecule has 0 bridgehead atoms. The minimum atomic E-state index is -2.20. The highest BCUT2D eigenvalue weighted by molar-refractivity contribution is 7.33. The Morgan fingerprint density at radius 2 is 1.67 bits per heavy atom. The van der Waals surface area contributed by atoms with Gasteiger partial charge in [-0.1, -0.05) is 30.3 Å². The number of phenols is 1. The number of hydrogen-bond donors (Lipinski definition) is 1. The second kappa shape index (κ2) is 6.15. The molecule has 1 unspecified atom stereocenters. The van der Waals surface area contributed by atoms with E-state index in [0.717, 1.165) is 5.56 Å². The maximum Gasteiger partial charge on any atom is 0.750 e. The Hall–Kier alpha value is -1.90. The van der Waals surface area contributed by atoms with Crippen LogP contribution in [0.4, 0.5) is 0 Å². The lowest BCUT2D eigenvalue weighted by Gasteiger charge is -1.96. The zero-order valence-electron chi connectivity index (χ0n) is 9.52. The standard InChI is InChI=1S/C13H11O4P/c14-12-8-6-11(7-9-12)10-16-18(15)17-13-4-2-1-3-5-13/h1-9H,10H2/p+1. The second-order valence-electron chi connectivity index (χ2n) is 3.57. The Balaban J connectivity index is 1.83. The molecule has 0 amide bonds. The minimum absolute atomic E-state index is 0.169. The Labute approximate surface area is 106 Å². The number of aromatic hydroxyl groups is 1. The topological polar surface area (TPSA) is 55.8 Å². The Morgan fingerprint density at radius 3 is 2.33 bits per heavy atom. The van der Waals surface area contributed by atoms with Crippen LogP contribution in [0.2, 0.25) is 0 Å². The van der Waals surface area contributed by atoms with Crippen molar-refractivity contribution in [3.63, 3.8) is 0 Å². The molecule has 0 aromatic heterocycles. The fourth-order valence-electron chi connectivity index (χ4n) is 1.31. The van der Waals surface area contributed by atoms with Gasteiger partial charge < -0.3 is 5.11 Å². The Kier molecular flexibility index (Phi) is 4.29. The number of benzene rings is 2. The lowest BCUT2D eigenvalue weighted by Crippen LogP contribution is -1.89. The van der Waals surface area contributed by atoms with Gasteiger partial charge >= 0.3 is 8.25 Å². The number of para-hydroxylation sites is 1. The highest BCUT2D eigenvalue weighted by Crippen LogP contribution is 2.28. The molecule has 0 saturated heterocycles. The quantitative estimate of drug-likeness (QED) is 0.836. The SMILES string of the molecule is O=[P+](OCc1ccc(O)cc1)Oc1ccccc1. The van der Waals surface area contributed by atoms with Gasteiger partial charge in [0.1, 0.15) is 12.4 Å². The largest absolute Gasteiger partial charge is 0.750 e. The van der Waals surface area contributed by atoms with Gasteiger partial charge in [0.05, 0.1) is 0 Å². The minimum Gasteiger partial charge on any atom is -0.508 e. The summed E-state index contributed by atoms with van der Waals surface area (Å²) in [6, 6.07) is 15.3. The second-order valence-corrected chi connectivity index (χ2v) is 4.46. The van der Waals surface area contributed by atoms with Crippen molar-refractivity contribution in [2.75, 3.05) is 0 Å². The van der Waals surface area contributed by atoms with E-state index in [1.807, 2.05) is 6.07 Å². The normalized spacial score (nSPS) is 11.0. The van der Waals surface area contributed by atoms with Gasteiger partial charge in [0.25, 0.3) is 0 Å². The molecule has 0 aliphatic rings. The molecule has 0 aliphatic carbocycles. The van der Waals surface area contributed by atoms with Crippen molar-refractivity contribution in [1.82, 2.24) is 0 Å². The van der Waals surface area contributed by atoms with Crippen LogP contribution >= 0.6 is 8.25 Å². The van der Waals surface area contributed by atoms with E-state index in [4.69, 9.17) is 14.2 Å². The first-order valence-corrected chi connectivity index (χ1v) is 6.45. The smallest absolute Gasteiger partial charge is 0.508 e. The number of rotatable bonds is 5. The van der Waals surface area contributed by atoms with Crippen molar-refractivity contribution in [2.24, 2.45) is 0 Å². The highest BCUT2D eigenvalue weighted by atomic mass is 31.1. The predicted molar refractivity (Wildman–Crippen MR) is 67.6 cm³/mol. The van der Waals surface area contributed by atoms with Crippen LogP contribution in [0.15, 0.2) is 54.6 Å². The van der Waals surface area contributed by atoms with Gasteiger partial charge in [-0.05, 0) is 29.8 Å². The van der Waals surface area contributed by atoms with Gasteiger partial charge in [0.15, 0.2) is 5.75 Å². The van der Waals surface area contributed by atoms with E-state index >= 15 is 0 Å². The molecule has 0 spiro atoms. The summed E-state index contributed by atoms with van der Waals surface area (Å²) in [5, 5.41) is 9.11. The van der Waals surface area contributed by atoms with Crippen molar-refractivity contribution in [3.05, 3.63) is 60.2 Å². The molecule has 4 nitrogen and oxygen atoms in total. The Morgan fingerprint density at radius 1 is 1.00 bits per heavy atom. The molecule has 0 radical (unpaired) electrons. The van der Waals surface area contributed by atoms with Gasteiger partial charge in [-0.3, -0.25) is 0 Å². The first kappa shape index (κ1) is 12.6. The van der Waals surface area contributed by atoms with Crippen LogP contribution in [0.1, 0.15) is 5.56 Å². The van der Waals surface area contributed by atoms with E-state index in [-0.39, 0.29) is 12.4 Å². The summed E-state index contributed by atoms with van der Waals surface area (Å²) in [4.78, 5) is 0. The van der Waals surface area contributed by atoms with Gasteiger partial charge in [0.2, 0.25) is 0 Å². The zero-order chi connectivity index (χ0) is 12.8. The maximum absolute atomic E-state index is 11.5. The summed E-state index contributed by atoms with van der Waals surface area (Å²) < 4.78 is 21.7. The van der Waals surface area contributed by atoms with Crippen LogP contribution in [0.3, 0.4) is 0 Å². The Bertz CT molecular complexity index is 510. The highest BCUT2D eigenvalue weighted by Gasteiger charge is 2.21. The van der Waals surface area contributed by atoms with E-state index in [0.29, 0.717) is 5.75 Å². The van der Waals surface area contributed by atoms with Gasteiger partial charge in [-0.25, -0.2) is 4.52 Å². The summed E-state index contributed by atoms with van der Waals surface area (Å²) in [6.07, 6.45) is 0. The molecule has 0 saturated carbocycles. The average molecular weight is 263 g/mol. The molecule has 92 valence electrons. The summed E-state index contributed by atoms with van der Waals surface area (Å²) in [7, 11) is -2.20. The van der Waals surface area contributed by atoms with Crippen molar-refractivity contribution >= 4 is 8.25 Å². The first-order chi connectivity index (χ1) is 8.74. The van der Waals surface area contributed by atoms with Gasteiger partial charge in [-0.15, -0.1) is 4.52 Å². The van der Waals surface area contributed by atoms with E-state index in [1.54, 1.807) is 48.5 Å². The van der Waals surface area contributed by atoms with Crippen molar-refractivity contribution < 1.29 is 18.7 Å². The van der Waals surface area contributed by atoms with Gasteiger partial charge in [0, 0.05) is 4.57 Å². The third-order valence-corrected chi connectivity index (χ3v) is 2.90. The molecule has 2 rings (SSSR count). The molecule has 0 fully saturated rings. The monoisotopic (exact) mass is 263 g/mol. The van der Waals surface area contributed by atoms with E-state index < -0.39 is 8.25 Å². The van der Waals surface area contributed by atoms with Crippen molar-refractivity contribution in [2.45, 2.75) is 6.61 Å². The average Bonchev–Trinajstić information content (AvgIpc) is 2.39. The summed E-state index contributed by atoms with van der Waals surface area (Å²) in [5.41, 5.74) is 0.813. The summed E-state index contributed by atoms with van der Waals surface area (Å²) in [5.74, 6) is 0.688. The van der Waals surface area contributed by atoms with Crippen molar-refractivity contribution in [3.8, 4) is 11.5 Å². The molecule has 5 heteroatoms. The molecular weight excluding hydrogens is 251 g/mol. The molecule has 2 aromatic carbocycles. The third-order valence-electron chi connectivity index (χ3n) is 2.20. The van der Waals surface area contributed by atoms with Crippen LogP contribution in [0, 0.1) is 0 Å². The third kappa shape index (κ3) is 3.84. The number of hydrogen-bond acceptors (Lipinski definition) is 4. The zero-order valence-corrected chi connectivity index (χ0v) is 10.4.